The monoisotopic (exact) mass is 259 g/mol. The third-order valence-corrected chi connectivity index (χ3v) is 3.19. The van der Waals surface area contributed by atoms with Gasteiger partial charge in [0.1, 0.15) is 5.82 Å². The van der Waals surface area contributed by atoms with Gasteiger partial charge in [0.2, 0.25) is 5.95 Å². The van der Waals surface area contributed by atoms with Crippen LogP contribution >= 0.6 is 0 Å². The van der Waals surface area contributed by atoms with Crippen molar-refractivity contribution in [3.8, 4) is 5.69 Å². The van der Waals surface area contributed by atoms with Crippen LogP contribution in [0.4, 0.5) is 10.3 Å². The average molecular weight is 259 g/mol. The number of imidazole rings is 1. The number of fused-ring (bicyclic) bond motifs is 1. The third-order valence-electron chi connectivity index (χ3n) is 3.19. The van der Waals surface area contributed by atoms with Gasteiger partial charge >= 0.3 is 0 Å². The molecule has 0 saturated carbocycles. The van der Waals surface area contributed by atoms with E-state index in [0.717, 1.165) is 16.9 Å². The number of aryl methyl sites for hydroxylation is 3. The fourth-order valence-electron chi connectivity index (χ4n) is 2.28. The minimum absolute atomic E-state index is 0.278. The van der Waals surface area contributed by atoms with Crippen LogP contribution < -0.4 is 5.73 Å². The van der Waals surface area contributed by atoms with Crippen LogP contribution in [-0.4, -0.2) is 19.3 Å². The molecule has 0 fully saturated rings. The van der Waals surface area contributed by atoms with Crippen molar-refractivity contribution in [2.45, 2.75) is 13.8 Å². The van der Waals surface area contributed by atoms with E-state index in [-0.39, 0.29) is 5.82 Å². The number of anilines is 1. The molecule has 2 N–H and O–H groups in total. The van der Waals surface area contributed by atoms with Crippen LogP contribution in [0.2, 0.25) is 0 Å². The molecule has 0 saturated heterocycles. The van der Waals surface area contributed by atoms with Gasteiger partial charge in [0.05, 0.1) is 22.4 Å². The van der Waals surface area contributed by atoms with E-state index < -0.39 is 0 Å². The first kappa shape index (κ1) is 11.7. The van der Waals surface area contributed by atoms with Gasteiger partial charge in [-0.25, -0.2) is 9.37 Å². The molecule has 3 aromatic rings. The van der Waals surface area contributed by atoms with E-state index in [1.54, 1.807) is 22.2 Å². The van der Waals surface area contributed by atoms with E-state index in [4.69, 9.17) is 5.73 Å². The first-order valence-corrected chi connectivity index (χ1v) is 5.92. The zero-order valence-electron chi connectivity index (χ0n) is 11.0. The maximum atomic E-state index is 13.6. The van der Waals surface area contributed by atoms with E-state index in [2.05, 4.69) is 10.1 Å². The molecule has 2 heterocycles. The summed E-state index contributed by atoms with van der Waals surface area (Å²) in [5, 5.41) is 4.29. The maximum Gasteiger partial charge on any atom is 0.206 e. The van der Waals surface area contributed by atoms with Gasteiger partial charge in [-0.3, -0.25) is 9.25 Å². The first-order chi connectivity index (χ1) is 8.97. The Bertz CT molecular complexity index is 784. The van der Waals surface area contributed by atoms with Gasteiger partial charge < -0.3 is 5.73 Å². The van der Waals surface area contributed by atoms with Crippen molar-refractivity contribution >= 4 is 17.0 Å². The lowest BCUT2D eigenvalue weighted by Crippen LogP contribution is -2.01. The summed E-state index contributed by atoms with van der Waals surface area (Å²) in [5.74, 6) is 0.0520. The fraction of sp³-hybridized carbons (Fsp3) is 0.231. The van der Waals surface area contributed by atoms with Crippen molar-refractivity contribution in [3.05, 3.63) is 35.4 Å². The molecular weight excluding hydrogens is 245 g/mol. The highest BCUT2D eigenvalue weighted by Crippen LogP contribution is 2.26. The number of benzene rings is 1. The Morgan fingerprint density at radius 3 is 2.63 bits per heavy atom. The second kappa shape index (κ2) is 3.81. The van der Waals surface area contributed by atoms with E-state index >= 15 is 0 Å². The summed E-state index contributed by atoms with van der Waals surface area (Å²) in [6.45, 7) is 3.62. The van der Waals surface area contributed by atoms with Gasteiger partial charge in [0.15, 0.2) is 0 Å². The SMILES string of the molecule is Cc1cc2c(cc1F)nc(N)n2-c1cn(C)nc1C. The number of rotatable bonds is 1. The van der Waals surface area contributed by atoms with E-state index in [9.17, 15) is 4.39 Å². The first-order valence-electron chi connectivity index (χ1n) is 5.92. The lowest BCUT2D eigenvalue weighted by atomic mass is 10.2. The Labute approximate surface area is 109 Å². The number of nitrogens with two attached hydrogens (primary N) is 1. The lowest BCUT2D eigenvalue weighted by molar-refractivity contribution is 0.620. The smallest absolute Gasteiger partial charge is 0.206 e. The quantitative estimate of drug-likeness (QED) is 0.728. The summed E-state index contributed by atoms with van der Waals surface area (Å²) in [7, 11) is 1.84. The minimum atomic E-state index is -0.278. The lowest BCUT2D eigenvalue weighted by Gasteiger charge is -2.05. The van der Waals surface area contributed by atoms with Gasteiger partial charge in [-0.15, -0.1) is 0 Å². The molecule has 6 heteroatoms. The summed E-state index contributed by atoms with van der Waals surface area (Å²) < 4.78 is 17.1. The molecule has 5 nitrogen and oxygen atoms in total. The molecule has 0 amide bonds. The number of hydrogen-bond acceptors (Lipinski definition) is 3. The Morgan fingerprint density at radius 2 is 2.00 bits per heavy atom. The van der Waals surface area contributed by atoms with Crippen molar-refractivity contribution in [2.24, 2.45) is 7.05 Å². The molecule has 0 radical (unpaired) electrons. The highest BCUT2D eigenvalue weighted by atomic mass is 19.1. The van der Waals surface area contributed by atoms with Crippen molar-refractivity contribution in [1.82, 2.24) is 19.3 Å². The second-order valence-electron chi connectivity index (χ2n) is 4.67. The van der Waals surface area contributed by atoms with Crippen molar-refractivity contribution < 1.29 is 4.39 Å². The van der Waals surface area contributed by atoms with Gasteiger partial charge in [-0.1, -0.05) is 0 Å². The predicted octanol–water partition coefficient (Wildman–Crippen LogP) is 2.10. The van der Waals surface area contributed by atoms with Crippen molar-refractivity contribution in [1.29, 1.82) is 0 Å². The molecule has 0 spiro atoms. The molecule has 2 aromatic heterocycles. The molecule has 3 rings (SSSR count). The number of nitrogen functional groups attached to an aromatic ring is 1. The Kier molecular flexibility index (Phi) is 2.35. The molecule has 98 valence electrons. The number of hydrogen-bond donors (Lipinski definition) is 1. The van der Waals surface area contributed by atoms with Crippen LogP contribution in [0.5, 0.6) is 0 Å². The van der Waals surface area contributed by atoms with Gasteiger partial charge in [-0.2, -0.15) is 5.10 Å². The summed E-state index contributed by atoms with van der Waals surface area (Å²) in [6, 6.07) is 3.16. The summed E-state index contributed by atoms with van der Waals surface area (Å²) in [6.07, 6.45) is 1.87. The second-order valence-corrected chi connectivity index (χ2v) is 4.67. The van der Waals surface area contributed by atoms with Crippen molar-refractivity contribution in [3.63, 3.8) is 0 Å². The Morgan fingerprint density at radius 1 is 1.26 bits per heavy atom. The third kappa shape index (κ3) is 1.68. The largest absolute Gasteiger partial charge is 0.369 e. The standard InChI is InChI=1S/C13H14FN5/c1-7-4-11-10(5-9(7)14)16-13(15)19(11)12-6-18(3)17-8(12)2/h4-6H,1-3H3,(H2,15,16). The Balaban J connectivity index is 2.37. The van der Waals surface area contributed by atoms with Crippen LogP contribution in [0.25, 0.3) is 16.7 Å². The topological polar surface area (TPSA) is 61.7 Å². The highest BCUT2D eigenvalue weighted by molar-refractivity contribution is 5.81. The van der Waals surface area contributed by atoms with Crippen LogP contribution in [0.3, 0.4) is 0 Å². The minimum Gasteiger partial charge on any atom is -0.369 e. The zero-order valence-corrected chi connectivity index (χ0v) is 11.0. The molecule has 0 aliphatic rings. The van der Waals surface area contributed by atoms with E-state index in [1.807, 2.05) is 20.2 Å². The van der Waals surface area contributed by atoms with Crippen LogP contribution in [0.15, 0.2) is 18.3 Å². The van der Waals surface area contributed by atoms with E-state index in [1.165, 1.54) is 6.07 Å². The molecule has 0 atom stereocenters. The number of halogens is 1. The summed E-state index contributed by atoms with van der Waals surface area (Å²) in [5.41, 5.74) is 9.55. The highest BCUT2D eigenvalue weighted by Gasteiger charge is 2.15. The molecule has 19 heavy (non-hydrogen) atoms. The normalized spacial score (nSPS) is 11.4. The fourth-order valence-corrected chi connectivity index (χ4v) is 2.28. The van der Waals surface area contributed by atoms with Crippen LogP contribution in [0, 0.1) is 19.7 Å². The molecule has 0 aliphatic carbocycles. The number of nitrogens with zero attached hydrogens (tertiary/aromatic N) is 4. The summed E-state index contributed by atoms with van der Waals surface area (Å²) >= 11 is 0. The van der Waals surface area contributed by atoms with Gasteiger partial charge in [0, 0.05) is 19.3 Å². The van der Waals surface area contributed by atoms with Crippen LogP contribution in [0.1, 0.15) is 11.3 Å². The zero-order chi connectivity index (χ0) is 13.7. The van der Waals surface area contributed by atoms with Gasteiger partial charge in [-0.05, 0) is 25.5 Å². The summed E-state index contributed by atoms with van der Waals surface area (Å²) in [4.78, 5) is 4.21. The van der Waals surface area contributed by atoms with Crippen LogP contribution in [-0.2, 0) is 7.05 Å². The molecule has 1 aromatic carbocycles. The Hall–Kier alpha value is -2.37. The maximum absolute atomic E-state index is 13.6. The van der Waals surface area contributed by atoms with Crippen molar-refractivity contribution in [2.75, 3.05) is 5.73 Å². The van der Waals surface area contributed by atoms with Gasteiger partial charge in [0.25, 0.3) is 0 Å². The predicted molar refractivity (Wildman–Crippen MR) is 71.7 cm³/mol. The van der Waals surface area contributed by atoms with E-state index in [0.29, 0.717) is 17.0 Å². The molecule has 0 bridgehead atoms. The molecule has 0 aliphatic heterocycles. The number of aromatic nitrogens is 4. The molecule has 0 unspecified atom stereocenters. The molecular formula is C13H14FN5. The average Bonchev–Trinajstić information content (AvgIpc) is 2.79.